The van der Waals surface area contributed by atoms with Crippen LogP contribution in [-0.2, 0) is 26.2 Å². The van der Waals surface area contributed by atoms with E-state index in [9.17, 15) is 18.0 Å². The monoisotopic (exact) mass is 603 g/mol. The number of amides is 2. The third kappa shape index (κ3) is 7.99. The van der Waals surface area contributed by atoms with Crippen LogP contribution in [-0.4, -0.2) is 43.8 Å². The summed E-state index contributed by atoms with van der Waals surface area (Å²) in [6.07, 6.45) is 1.07. The molecule has 0 heterocycles. The van der Waals surface area contributed by atoms with Gasteiger partial charge in [-0.15, -0.1) is 0 Å². The quantitative estimate of drug-likeness (QED) is 0.266. The highest BCUT2D eigenvalue weighted by atomic mass is 35.5. The second kappa shape index (κ2) is 14.0. The molecule has 0 radical (unpaired) electrons. The molecule has 7 nitrogen and oxygen atoms in total. The van der Waals surface area contributed by atoms with Crippen LogP contribution in [0.2, 0.25) is 10.0 Å². The lowest BCUT2D eigenvalue weighted by atomic mass is 10.1. The van der Waals surface area contributed by atoms with E-state index in [-0.39, 0.29) is 39.1 Å². The first kappa shape index (κ1) is 31.5. The van der Waals surface area contributed by atoms with Gasteiger partial charge in [-0.3, -0.25) is 13.9 Å². The molecule has 0 saturated heterocycles. The highest BCUT2D eigenvalue weighted by Crippen LogP contribution is 2.30. The second-order valence-corrected chi connectivity index (χ2v) is 12.4. The number of aryl methyl sites for hydroxylation is 1. The first-order valence-electron chi connectivity index (χ1n) is 13.2. The fourth-order valence-electron chi connectivity index (χ4n) is 4.30. The van der Waals surface area contributed by atoms with Gasteiger partial charge in [0.2, 0.25) is 11.8 Å². The molecule has 0 spiro atoms. The Morgan fingerprint density at radius 2 is 1.55 bits per heavy atom. The predicted octanol–water partition coefficient (Wildman–Crippen LogP) is 6.22. The molecule has 0 fully saturated rings. The van der Waals surface area contributed by atoms with E-state index in [0.29, 0.717) is 6.42 Å². The summed E-state index contributed by atoms with van der Waals surface area (Å²) in [7, 11) is -4.20. The van der Waals surface area contributed by atoms with Crippen molar-refractivity contribution in [3.8, 4) is 0 Å². The van der Waals surface area contributed by atoms with Crippen molar-refractivity contribution in [2.75, 3.05) is 10.8 Å². The van der Waals surface area contributed by atoms with Crippen molar-refractivity contribution < 1.29 is 18.0 Å². The highest BCUT2D eigenvalue weighted by Gasteiger charge is 2.34. The van der Waals surface area contributed by atoms with E-state index in [4.69, 9.17) is 23.2 Å². The molecule has 0 aliphatic carbocycles. The van der Waals surface area contributed by atoms with Gasteiger partial charge < -0.3 is 10.2 Å². The first-order valence-corrected chi connectivity index (χ1v) is 15.3. The molecule has 40 heavy (non-hydrogen) atoms. The first-order chi connectivity index (χ1) is 19.0. The molecule has 1 N–H and O–H groups in total. The zero-order valence-corrected chi connectivity index (χ0v) is 25.4. The van der Waals surface area contributed by atoms with Crippen molar-refractivity contribution >= 4 is 50.7 Å². The third-order valence-corrected chi connectivity index (χ3v) is 8.79. The van der Waals surface area contributed by atoms with Crippen LogP contribution in [0.25, 0.3) is 0 Å². The van der Waals surface area contributed by atoms with Gasteiger partial charge in [-0.1, -0.05) is 85.1 Å². The van der Waals surface area contributed by atoms with E-state index < -0.39 is 28.5 Å². The lowest BCUT2D eigenvalue weighted by Gasteiger charge is -2.34. The summed E-state index contributed by atoms with van der Waals surface area (Å²) in [5.41, 5.74) is 1.97. The number of anilines is 1. The number of nitrogens with zero attached hydrogens (tertiary/aromatic N) is 2. The largest absolute Gasteiger partial charge is 0.352 e. The molecule has 0 aromatic heterocycles. The normalized spacial score (nSPS) is 12.8. The zero-order valence-electron chi connectivity index (χ0n) is 23.1. The molecule has 10 heteroatoms. The van der Waals surface area contributed by atoms with Crippen LogP contribution < -0.4 is 9.62 Å². The number of nitrogens with one attached hydrogen (secondary N) is 1. The number of hydrogen-bond acceptors (Lipinski definition) is 4. The maximum absolute atomic E-state index is 14.1. The molecule has 2 amide bonds. The summed E-state index contributed by atoms with van der Waals surface area (Å²) in [5.74, 6) is -0.829. The Balaban J connectivity index is 2.08. The van der Waals surface area contributed by atoms with E-state index in [0.717, 1.165) is 21.9 Å². The Labute approximate surface area is 247 Å². The Hall–Kier alpha value is -3.07. The van der Waals surface area contributed by atoms with Crippen LogP contribution in [0, 0.1) is 6.92 Å². The standard InChI is InChI=1S/C30H35Cl2N3O4S/c1-5-22(4)33-30(37)28(6-2)34(19-23-12-10-11-21(3)15-23)29(36)20-35(26-17-24(31)16-25(32)18-26)40(38,39)27-13-8-7-9-14-27/h7-18,22,28H,5-6,19-20H2,1-4H3,(H,33,37)/t22-,28-/m1/s1. The summed E-state index contributed by atoms with van der Waals surface area (Å²) in [6, 6.07) is 18.9. The maximum atomic E-state index is 14.1. The van der Waals surface area contributed by atoms with Gasteiger partial charge in [0.05, 0.1) is 10.6 Å². The highest BCUT2D eigenvalue weighted by molar-refractivity contribution is 7.92. The molecule has 0 saturated carbocycles. The fourth-order valence-corrected chi connectivity index (χ4v) is 6.23. The van der Waals surface area contributed by atoms with E-state index in [1.807, 2.05) is 52.0 Å². The molecular weight excluding hydrogens is 569 g/mol. The van der Waals surface area contributed by atoms with Gasteiger partial charge in [-0.2, -0.15) is 0 Å². The van der Waals surface area contributed by atoms with E-state index in [1.54, 1.807) is 18.2 Å². The minimum absolute atomic E-state index is 0.00527. The van der Waals surface area contributed by atoms with E-state index in [1.165, 1.54) is 35.2 Å². The average Bonchev–Trinajstić information content (AvgIpc) is 2.91. The number of sulfonamides is 1. The Kier molecular flexibility index (Phi) is 11.0. The second-order valence-electron chi connectivity index (χ2n) is 9.71. The molecule has 0 unspecified atom stereocenters. The summed E-state index contributed by atoms with van der Waals surface area (Å²) >= 11 is 12.5. The predicted molar refractivity (Wildman–Crippen MR) is 161 cm³/mol. The van der Waals surface area contributed by atoms with Crippen LogP contribution in [0.15, 0.2) is 77.7 Å². The molecule has 214 valence electrons. The van der Waals surface area contributed by atoms with Gasteiger partial charge in [0, 0.05) is 22.6 Å². The number of hydrogen-bond donors (Lipinski definition) is 1. The number of benzene rings is 3. The number of carbonyl (C=O) groups excluding carboxylic acids is 2. The fraction of sp³-hybridized carbons (Fsp3) is 0.333. The lowest BCUT2D eigenvalue weighted by Crippen LogP contribution is -2.53. The Morgan fingerprint density at radius 1 is 0.900 bits per heavy atom. The summed E-state index contributed by atoms with van der Waals surface area (Å²) in [6.45, 7) is 7.19. The van der Waals surface area contributed by atoms with Crippen molar-refractivity contribution in [1.82, 2.24) is 10.2 Å². The molecular formula is C30H35Cl2N3O4S. The van der Waals surface area contributed by atoms with Gasteiger partial charge in [0.25, 0.3) is 10.0 Å². The smallest absolute Gasteiger partial charge is 0.264 e. The topological polar surface area (TPSA) is 86.8 Å². The van der Waals surface area contributed by atoms with Crippen molar-refractivity contribution in [2.45, 2.75) is 64.1 Å². The van der Waals surface area contributed by atoms with Crippen LogP contribution in [0.5, 0.6) is 0 Å². The van der Waals surface area contributed by atoms with Gasteiger partial charge in [-0.05, 0) is 62.6 Å². The summed E-state index contributed by atoms with van der Waals surface area (Å²) in [5, 5.41) is 3.41. The molecule has 3 aromatic carbocycles. The Bertz CT molecular complexity index is 1410. The lowest BCUT2D eigenvalue weighted by molar-refractivity contribution is -0.140. The van der Waals surface area contributed by atoms with Crippen molar-refractivity contribution in [3.05, 3.63) is 94.0 Å². The minimum atomic E-state index is -4.20. The number of halogens is 2. The van der Waals surface area contributed by atoms with Gasteiger partial charge in [-0.25, -0.2) is 8.42 Å². The van der Waals surface area contributed by atoms with Gasteiger partial charge in [0.1, 0.15) is 12.6 Å². The zero-order chi connectivity index (χ0) is 29.4. The summed E-state index contributed by atoms with van der Waals surface area (Å²) < 4.78 is 28.7. The van der Waals surface area contributed by atoms with Gasteiger partial charge in [0.15, 0.2) is 0 Å². The van der Waals surface area contributed by atoms with Gasteiger partial charge >= 0.3 is 0 Å². The number of carbonyl (C=O) groups is 2. The molecule has 0 bridgehead atoms. The van der Waals surface area contributed by atoms with Crippen molar-refractivity contribution in [2.24, 2.45) is 0 Å². The number of rotatable bonds is 12. The van der Waals surface area contributed by atoms with Crippen LogP contribution in [0.1, 0.15) is 44.7 Å². The van der Waals surface area contributed by atoms with Crippen molar-refractivity contribution in [1.29, 1.82) is 0 Å². The summed E-state index contributed by atoms with van der Waals surface area (Å²) in [4.78, 5) is 28.9. The van der Waals surface area contributed by atoms with E-state index >= 15 is 0 Å². The van der Waals surface area contributed by atoms with Crippen LogP contribution >= 0.6 is 23.2 Å². The SMILES string of the molecule is CC[C@@H](C)NC(=O)[C@@H](CC)N(Cc1cccc(C)c1)C(=O)CN(c1cc(Cl)cc(Cl)c1)S(=O)(=O)c1ccccc1. The van der Waals surface area contributed by atoms with Crippen molar-refractivity contribution in [3.63, 3.8) is 0 Å². The molecule has 3 rings (SSSR count). The molecule has 3 aromatic rings. The molecule has 0 aliphatic heterocycles. The van der Waals surface area contributed by atoms with Crippen LogP contribution in [0.4, 0.5) is 5.69 Å². The molecule has 2 atom stereocenters. The van der Waals surface area contributed by atoms with Crippen LogP contribution in [0.3, 0.4) is 0 Å². The Morgan fingerprint density at radius 3 is 2.12 bits per heavy atom. The third-order valence-electron chi connectivity index (χ3n) is 6.57. The molecule has 0 aliphatic rings. The minimum Gasteiger partial charge on any atom is -0.352 e. The average molecular weight is 605 g/mol. The van der Waals surface area contributed by atoms with E-state index in [2.05, 4.69) is 5.32 Å². The maximum Gasteiger partial charge on any atom is 0.264 e.